The van der Waals surface area contributed by atoms with Crippen molar-refractivity contribution in [1.82, 2.24) is 0 Å². The molecule has 33 heavy (non-hydrogen) atoms. The van der Waals surface area contributed by atoms with Gasteiger partial charge in [0, 0.05) is 44.4 Å². The molecule has 2 saturated heterocycles. The second-order valence-electron chi connectivity index (χ2n) is 8.16. The van der Waals surface area contributed by atoms with Crippen LogP contribution in [0.3, 0.4) is 0 Å². The number of ether oxygens (including phenoxy) is 4. The molecule has 0 aliphatic carbocycles. The van der Waals surface area contributed by atoms with Crippen LogP contribution < -0.4 is 24.0 Å². The lowest BCUT2D eigenvalue weighted by Crippen LogP contribution is -2.38. The van der Waals surface area contributed by atoms with Crippen LogP contribution in [0.4, 0.5) is 17.1 Å². The van der Waals surface area contributed by atoms with Crippen LogP contribution in [-0.4, -0.2) is 74.2 Å². The zero-order valence-electron chi connectivity index (χ0n) is 18.5. The summed E-state index contributed by atoms with van der Waals surface area (Å²) in [5, 5.41) is 0. The Morgan fingerprint density at radius 1 is 0.727 bits per heavy atom. The van der Waals surface area contributed by atoms with Crippen molar-refractivity contribution in [3.8, 4) is 11.5 Å². The van der Waals surface area contributed by atoms with Crippen LogP contribution in [0.5, 0.6) is 11.5 Å². The molecule has 0 atom stereocenters. The molecule has 3 heterocycles. The summed E-state index contributed by atoms with van der Waals surface area (Å²) in [5.41, 5.74) is 2.44. The number of sulfonamides is 1. The van der Waals surface area contributed by atoms with Crippen molar-refractivity contribution in [2.75, 3.05) is 80.3 Å². The summed E-state index contributed by atoms with van der Waals surface area (Å²) < 4.78 is 51.7. The Balaban J connectivity index is 1.45. The highest BCUT2D eigenvalue weighted by Gasteiger charge is 2.23. The van der Waals surface area contributed by atoms with Gasteiger partial charge in [0.25, 0.3) is 10.0 Å². The predicted octanol–water partition coefficient (Wildman–Crippen LogP) is 2.32. The van der Waals surface area contributed by atoms with Gasteiger partial charge in [-0.15, -0.1) is 0 Å². The SMILES string of the molecule is O=S(=O)(Nc1ccc(N2CCOCC2)cc1N1CCOCC1)c1ccc2c(c1)OCCCO2. The van der Waals surface area contributed by atoms with Crippen LogP contribution in [0, 0.1) is 0 Å². The van der Waals surface area contributed by atoms with Gasteiger partial charge in [0.2, 0.25) is 0 Å². The number of morpholine rings is 2. The van der Waals surface area contributed by atoms with E-state index in [-0.39, 0.29) is 4.90 Å². The minimum atomic E-state index is -3.83. The van der Waals surface area contributed by atoms with E-state index >= 15 is 0 Å². The molecule has 0 amide bonds. The zero-order chi connectivity index (χ0) is 22.7. The van der Waals surface area contributed by atoms with Crippen LogP contribution in [0.1, 0.15) is 6.42 Å². The van der Waals surface area contributed by atoms with E-state index in [1.165, 1.54) is 6.07 Å². The molecule has 0 spiro atoms. The van der Waals surface area contributed by atoms with Crippen LogP contribution >= 0.6 is 0 Å². The molecule has 0 radical (unpaired) electrons. The van der Waals surface area contributed by atoms with Crippen LogP contribution in [0.15, 0.2) is 41.3 Å². The third-order valence-electron chi connectivity index (χ3n) is 5.98. The molecular weight excluding hydrogens is 446 g/mol. The average Bonchev–Trinajstić information content (AvgIpc) is 3.10. The maximum absolute atomic E-state index is 13.3. The van der Waals surface area contributed by atoms with Crippen molar-refractivity contribution in [3.05, 3.63) is 36.4 Å². The first-order valence-electron chi connectivity index (χ1n) is 11.3. The molecule has 1 N–H and O–H groups in total. The molecule has 178 valence electrons. The van der Waals surface area contributed by atoms with Crippen molar-refractivity contribution in [3.63, 3.8) is 0 Å². The monoisotopic (exact) mass is 475 g/mol. The first kappa shape index (κ1) is 22.1. The Kier molecular flexibility index (Phi) is 6.48. The van der Waals surface area contributed by atoms with E-state index in [0.29, 0.717) is 69.9 Å². The molecule has 0 bridgehead atoms. The topological polar surface area (TPSA) is 89.6 Å². The zero-order valence-corrected chi connectivity index (χ0v) is 19.3. The van der Waals surface area contributed by atoms with Gasteiger partial charge in [-0.05, 0) is 30.3 Å². The fourth-order valence-corrected chi connectivity index (χ4v) is 5.29. The summed E-state index contributed by atoms with van der Waals surface area (Å²) in [7, 11) is -3.83. The molecule has 0 unspecified atom stereocenters. The number of hydrogen-bond acceptors (Lipinski definition) is 8. The third kappa shape index (κ3) is 4.97. The first-order valence-corrected chi connectivity index (χ1v) is 12.8. The lowest BCUT2D eigenvalue weighted by Gasteiger charge is -2.33. The number of benzene rings is 2. The molecule has 5 rings (SSSR count). The molecule has 3 aliphatic rings. The minimum Gasteiger partial charge on any atom is -0.490 e. The largest absolute Gasteiger partial charge is 0.490 e. The number of hydrogen-bond donors (Lipinski definition) is 1. The second kappa shape index (κ2) is 9.66. The lowest BCUT2D eigenvalue weighted by molar-refractivity contribution is 0.122. The lowest BCUT2D eigenvalue weighted by atomic mass is 10.2. The third-order valence-corrected chi connectivity index (χ3v) is 7.35. The van der Waals surface area contributed by atoms with Crippen molar-refractivity contribution in [1.29, 1.82) is 0 Å². The molecule has 0 saturated carbocycles. The normalized spacial score (nSPS) is 19.2. The van der Waals surface area contributed by atoms with Gasteiger partial charge in [0.05, 0.1) is 55.9 Å². The van der Waals surface area contributed by atoms with E-state index in [2.05, 4.69) is 20.6 Å². The highest BCUT2D eigenvalue weighted by atomic mass is 32.2. The number of rotatable bonds is 5. The van der Waals surface area contributed by atoms with Crippen molar-refractivity contribution < 1.29 is 27.4 Å². The summed E-state index contributed by atoms with van der Waals surface area (Å²) in [4.78, 5) is 4.56. The van der Waals surface area contributed by atoms with Gasteiger partial charge in [-0.2, -0.15) is 0 Å². The van der Waals surface area contributed by atoms with Crippen molar-refractivity contribution >= 4 is 27.1 Å². The summed E-state index contributed by atoms with van der Waals surface area (Å²) in [6.45, 7) is 6.65. The summed E-state index contributed by atoms with van der Waals surface area (Å²) in [5.74, 6) is 1.02. The Bertz CT molecular complexity index is 1080. The van der Waals surface area contributed by atoms with Gasteiger partial charge in [0.15, 0.2) is 11.5 Å². The quantitative estimate of drug-likeness (QED) is 0.705. The van der Waals surface area contributed by atoms with E-state index in [0.717, 1.165) is 30.9 Å². The Morgan fingerprint density at radius 3 is 2.12 bits per heavy atom. The van der Waals surface area contributed by atoms with Gasteiger partial charge in [-0.1, -0.05) is 0 Å². The molecule has 2 fully saturated rings. The predicted molar refractivity (Wildman–Crippen MR) is 125 cm³/mol. The molecule has 3 aliphatic heterocycles. The molecule has 2 aromatic carbocycles. The summed E-state index contributed by atoms with van der Waals surface area (Å²) >= 11 is 0. The van der Waals surface area contributed by atoms with E-state index < -0.39 is 10.0 Å². The Morgan fingerprint density at radius 2 is 1.39 bits per heavy atom. The van der Waals surface area contributed by atoms with Gasteiger partial charge in [-0.3, -0.25) is 4.72 Å². The number of fused-ring (bicyclic) bond motifs is 1. The van der Waals surface area contributed by atoms with E-state index in [1.807, 2.05) is 12.1 Å². The molecule has 2 aromatic rings. The van der Waals surface area contributed by atoms with Crippen LogP contribution in [-0.2, 0) is 19.5 Å². The molecule has 0 aromatic heterocycles. The fraction of sp³-hybridized carbons (Fsp3) is 0.478. The van der Waals surface area contributed by atoms with E-state index in [4.69, 9.17) is 18.9 Å². The maximum atomic E-state index is 13.3. The highest BCUT2D eigenvalue weighted by Crippen LogP contribution is 2.36. The van der Waals surface area contributed by atoms with E-state index in [1.54, 1.807) is 12.1 Å². The second-order valence-corrected chi connectivity index (χ2v) is 9.85. The molecule has 10 heteroatoms. The number of nitrogens with zero attached hydrogens (tertiary/aromatic N) is 2. The fourth-order valence-electron chi connectivity index (χ4n) is 4.20. The minimum absolute atomic E-state index is 0.136. The van der Waals surface area contributed by atoms with Crippen molar-refractivity contribution in [2.24, 2.45) is 0 Å². The highest BCUT2D eigenvalue weighted by molar-refractivity contribution is 7.92. The van der Waals surface area contributed by atoms with Gasteiger partial charge >= 0.3 is 0 Å². The number of nitrogens with one attached hydrogen (secondary N) is 1. The van der Waals surface area contributed by atoms with Gasteiger partial charge < -0.3 is 28.7 Å². The molecule has 9 nitrogen and oxygen atoms in total. The average molecular weight is 476 g/mol. The maximum Gasteiger partial charge on any atom is 0.262 e. The van der Waals surface area contributed by atoms with Crippen LogP contribution in [0.2, 0.25) is 0 Å². The van der Waals surface area contributed by atoms with Crippen molar-refractivity contribution in [2.45, 2.75) is 11.3 Å². The van der Waals surface area contributed by atoms with E-state index in [9.17, 15) is 8.42 Å². The molecular formula is C23H29N3O6S. The first-order chi connectivity index (χ1) is 16.1. The standard InChI is InChI=1S/C23H29N3O6S/c27-33(28,19-3-5-22-23(17-19)32-11-1-10-31-22)24-20-4-2-18(25-6-12-29-13-7-25)16-21(20)26-8-14-30-15-9-26/h2-5,16-17,24H,1,6-15H2. The summed E-state index contributed by atoms with van der Waals surface area (Å²) in [6, 6.07) is 10.6. The van der Waals surface area contributed by atoms with Crippen LogP contribution in [0.25, 0.3) is 0 Å². The Labute approximate surface area is 194 Å². The van der Waals surface area contributed by atoms with Gasteiger partial charge in [-0.25, -0.2) is 8.42 Å². The van der Waals surface area contributed by atoms with Gasteiger partial charge in [0.1, 0.15) is 0 Å². The smallest absolute Gasteiger partial charge is 0.262 e. The summed E-state index contributed by atoms with van der Waals surface area (Å²) in [6.07, 6.45) is 0.757. The number of anilines is 3. The Hall–Kier alpha value is -2.69.